The smallest absolute Gasteiger partial charge is 0.313 e. The van der Waals surface area contributed by atoms with E-state index in [1.54, 1.807) is 13.2 Å². The van der Waals surface area contributed by atoms with E-state index >= 15 is 0 Å². The Hall–Kier alpha value is -3.35. The minimum atomic E-state index is -0.709. The zero-order chi connectivity index (χ0) is 20.4. The summed E-state index contributed by atoms with van der Waals surface area (Å²) in [7, 11) is 1.58. The van der Waals surface area contributed by atoms with E-state index in [0.717, 1.165) is 41.8 Å². The Bertz CT molecular complexity index is 969. The van der Waals surface area contributed by atoms with Crippen LogP contribution in [-0.4, -0.2) is 31.4 Å². The van der Waals surface area contributed by atoms with Gasteiger partial charge in [0.05, 0.1) is 12.8 Å². The molecule has 2 aromatic carbocycles. The van der Waals surface area contributed by atoms with Gasteiger partial charge >= 0.3 is 11.8 Å². The molecule has 0 aromatic heterocycles. The second-order valence-electron chi connectivity index (χ2n) is 7.28. The van der Waals surface area contributed by atoms with Gasteiger partial charge in [-0.25, -0.2) is 0 Å². The van der Waals surface area contributed by atoms with Crippen LogP contribution in [0.5, 0.6) is 5.75 Å². The summed E-state index contributed by atoms with van der Waals surface area (Å²) in [4.78, 5) is 38.6. The van der Waals surface area contributed by atoms with Gasteiger partial charge in [0.15, 0.2) is 0 Å². The third kappa shape index (κ3) is 3.94. The average molecular weight is 393 g/mol. The Morgan fingerprint density at radius 3 is 2.66 bits per heavy atom. The maximum atomic E-state index is 12.3. The highest BCUT2D eigenvalue weighted by molar-refractivity contribution is 6.39. The SMILES string of the molecule is COc1cccc(CNC(=O)C(=O)Nc2cc3c4c(c2)CCC(=O)N4CCC3)c1. The molecule has 7 nitrogen and oxygen atoms in total. The van der Waals surface area contributed by atoms with Crippen LogP contribution in [0.4, 0.5) is 11.4 Å². The van der Waals surface area contributed by atoms with Crippen molar-refractivity contribution in [2.45, 2.75) is 32.2 Å². The van der Waals surface area contributed by atoms with Crippen LogP contribution in [-0.2, 0) is 33.8 Å². The third-order valence-electron chi connectivity index (χ3n) is 5.33. The lowest BCUT2D eigenvalue weighted by atomic mass is 9.91. The van der Waals surface area contributed by atoms with E-state index in [4.69, 9.17) is 4.74 Å². The number of ether oxygens (including phenoxy) is 1. The van der Waals surface area contributed by atoms with Gasteiger partial charge < -0.3 is 20.3 Å². The first-order valence-corrected chi connectivity index (χ1v) is 9.73. The van der Waals surface area contributed by atoms with Crippen molar-refractivity contribution in [1.29, 1.82) is 0 Å². The average Bonchev–Trinajstić information content (AvgIpc) is 2.74. The molecule has 2 N–H and O–H groups in total. The maximum Gasteiger partial charge on any atom is 0.313 e. The van der Waals surface area contributed by atoms with E-state index in [-0.39, 0.29) is 12.5 Å². The standard InChI is InChI=1S/C22H23N3O4/c1-29-18-6-2-4-14(10-18)13-23-21(27)22(28)24-17-11-15-5-3-9-25-19(26)8-7-16(12-17)20(15)25/h2,4,6,10-12H,3,5,7-9,13H2,1H3,(H,23,27)(H,24,28). The number of hydrogen-bond acceptors (Lipinski definition) is 4. The first-order valence-electron chi connectivity index (χ1n) is 9.73. The molecule has 0 radical (unpaired) electrons. The summed E-state index contributed by atoms with van der Waals surface area (Å²) < 4.78 is 5.16. The van der Waals surface area contributed by atoms with Crippen molar-refractivity contribution in [1.82, 2.24) is 5.32 Å². The number of hydrogen-bond donors (Lipinski definition) is 2. The van der Waals surface area contributed by atoms with Crippen molar-refractivity contribution < 1.29 is 19.1 Å². The van der Waals surface area contributed by atoms with Crippen molar-refractivity contribution in [2.24, 2.45) is 0 Å². The second-order valence-corrected chi connectivity index (χ2v) is 7.28. The van der Waals surface area contributed by atoms with Crippen LogP contribution in [0.25, 0.3) is 0 Å². The first kappa shape index (κ1) is 19.0. The highest BCUT2D eigenvalue weighted by Gasteiger charge is 2.30. The van der Waals surface area contributed by atoms with E-state index in [0.29, 0.717) is 24.3 Å². The number of methoxy groups -OCH3 is 1. The summed E-state index contributed by atoms with van der Waals surface area (Å²) in [5.41, 5.74) is 4.53. The fourth-order valence-corrected chi connectivity index (χ4v) is 3.96. The first-order chi connectivity index (χ1) is 14.0. The van der Waals surface area contributed by atoms with Crippen LogP contribution in [0.2, 0.25) is 0 Å². The minimum absolute atomic E-state index is 0.159. The number of rotatable bonds is 4. The highest BCUT2D eigenvalue weighted by atomic mass is 16.5. The van der Waals surface area contributed by atoms with E-state index in [1.807, 2.05) is 35.2 Å². The van der Waals surface area contributed by atoms with Crippen molar-refractivity contribution in [3.63, 3.8) is 0 Å². The van der Waals surface area contributed by atoms with Gasteiger partial charge in [0.25, 0.3) is 0 Å². The molecular formula is C22H23N3O4. The topological polar surface area (TPSA) is 87.7 Å². The van der Waals surface area contributed by atoms with E-state index in [1.165, 1.54) is 0 Å². The number of benzene rings is 2. The Labute approximate surface area is 169 Å². The maximum absolute atomic E-state index is 12.3. The molecule has 0 saturated carbocycles. The van der Waals surface area contributed by atoms with E-state index < -0.39 is 11.8 Å². The molecule has 0 atom stereocenters. The lowest BCUT2D eigenvalue weighted by Gasteiger charge is -2.35. The van der Waals surface area contributed by atoms with Gasteiger partial charge in [0.1, 0.15) is 5.75 Å². The summed E-state index contributed by atoms with van der Waals surface area (Å²) in [6.45, 7) is 0.979. The quantitative estimate of drug-likeness (QED) is 0.780. The van der Waals surface area contributed by atoms with Gasteiger partial charge in [0, 0.05) is 25.2 Å². The summed E-state index contributed by atoms with van der Waals surface area (Å²) >= 11 is 0. The van der Waals surface area contributed by atoms with E-state index in [2.05, 4.69) is 10.6 Å². The summed E-state index contributed by atoms with van der Waals surface area (Å²) in [5.74, 6) is -0.556. The Balaban J connectivity index is 1.43. The Morgan fingerprint density at radius 1 is 1.07 bits per heavy atom. The summed E-state index contributed by atoms with van der Waals surface area (Å²) in [6.07, 6.45) is 2.89. The molecule has 0 fully saturated rings. The van der Waals surface area contributed by atoms with Crippen LogP contribution >= 0.6 is 0 Å². The number of nitrogens with zero attached hydrogens (tertiary/aromatic N) is 1. The van der Waals surface area contributed by atoms with Crippen LogP contribution < -0.4 is 20.3 Å². The Kier molecular flexibility index (Phi) is 5.20. The lowest BCUT2D eigenvalue weighted by Crippen LogP contribution is -2.39. The lowest BCUT2D eigenvalue weighted by molar-refractivity contribution is -0.136. The van der Waals surface area contributed by atoms with Crippen LogP contribution in [0.3, 0.4) is 0 Å². The third-order valence-corrected chi connectivity index (χ3v) is 5.33. The zero-order valence-corrected chi connectivity index (χ0v) is 16.3. The van der Waals surface area contributed by atoms with Crippen molar-refractivity contribution in [3.05, 3.63) is 53.1 Å². The monoisotopic (exact) mass is 393 g/mol. The highest BCUT2D eigenvalue weighted by Crippen LogP contribution is 2.37. The molecule has 0 unspecified atom stereocenters. The largest absolute Gasteiger partial charge is 0.497 e. The van der Waals surface area contributed by atoms with E-state index in [9.17, 15) is 14.4 Å². The van der Waals surface area contributed by atoms with Gasteiger partial charge in [-0.15, -0.1) is 0 Å². The number of carbonyl (C=O) groups is 3. The van der Waals surface area contributed by atoms with Crippen LogP contribution in [0, 0.1) is 0 Å². The molecular weight excluding hydrogens is 370 g/mol. The van der Waals surface area contributed by atoms with Gasteiger partial charge in [0.2, 0.25) is 5.91 Å². The molecule has 0 aliphatic carbocycles. The molecule has 4 rings (SSSR count). The van der Waals surface area contributed by atoms with Crippen LogP contribution in [0.15, 0.2) is 36.4 Å². The molecule has 2 heterocycles. The molecule has 0 saturated heterocycles. The molecule has 0 spiro atoms. The van der Waals surface area contributed by atoms with Gasteiger partial charge in [-0.1, -0.05) is 12.1 Å². The molecule has 2 aliphatic rings. The minimum Gasteiger partial charge on any atom is -0.497 e. The number of carbonyl (C=O) groups excluding carboxylic acids is 3. The predicted molar refractivity (Wildman–Crippen MR) is 109 cm³/mol. The normalized spacial score (nSPS) is 14.8. The number of anilines is 2. The van der Waals surface area contributed by atoms with Crippen LogP contribution in [0.1, 0.15) is 29.5 Å². The van der Waals surface area contributed by atoms with Gasteiger partial charge in [-0.3, -0.25) is 14.4 Å². The fraction of sp³-hybridized carbons (Fsp3) is 0.318. The van der Waals surface area contributed by atoms with Gasteiger partial charge in [-0.2, -0.15) is 0 Å². The molecule has 0 bridgehead atoms. The second kappa shape index (κ2) is 7.95. The molecule has 2 aliphatic heterocycles. The molecule has 29 heavy (non-hydrogen) atoms. The summed E-state index contributed by atoms with van der Waals surface area (Å²) in [5, 5.41) is 5.32. The summed E-state index contributed by atoms with van der Waals surface area (Å²) in [6, 6.07) is 11.0. The van der Waals surface area contributed by atoms with Crippen molar-refractivity contribution >= 4 is 29.1 Å². The number of nitrogens with one attached hydrogen (secondary N) is 2. The Morgan fingerprint density at radius 2 is 1.86 bits per heavy atom. The molecule has 150 valence electrons. The zero-order valence-electron chi connectivity index (χ0n) is 16.3. The van der Waals surface area contributed by atoms with Crippen molar-refractivity contribution in [3.8, 4) is 5.75 Å². The molecule has 7 heteroatoms. The van der Waals surface area contributed by atoms with Gasteiger partial charge in [-0.05, 0) is 60.2 Å². The number of aryl methyl sites for hydroxylation is 2. The van der Waals surface area contributed by atoms with Crippen molar-refractivity contribution in [2.75, 3.05) is 23.9 Å². The molecule has 2 aromatic rings. The number of amides is 3. The molecule has 3 amide bonds. The predicted octanol–water partition coefficient (Wildman–Crippen LogP) is 2.18. The fourth-order valence-electron chi connectivity index (χ4n) is 3.96.